The third-order valence-electron chi connectivity index (χ3n) is 4.33. The first-order valence-electron chi connectivity index (χ1n) is 8.64. The fourth-order valence-electron chi connectivity index (χ4n) is 2.86. The van der Waals surface area contributed by atoms with Gasteiger partial charge in [0.25, 0.3) is 0 Å². The molecule has 0 radical (unpaired) electrons. The van der Waals surface area contributed by atoms with Gasteiger partial charge >= 0.3 is 5.97 Å². The zero-order chi connectivity index (χ0) is 17.6. The SMILES string of the molecule is C=C(Sc1cc(C(=O)O)cc(C2CCCC2)c1C)C(C)C.CC. The van der Waals surface area contributed by atoms with Gasteiger partial charge in [-0.3, -0.25) is 0 Å². The number of aromatic carboxylic acids is 1. The molecule has 0 aliphatic heterocycles. The molecule has 0 saturated heterocycles. The van der Waals surface area contributed by atoms with Gasteiger partial charge in [0.1, 0.15) is 0 Å². The lowest BCUT2D eigenvalue weighted by atomic mass is 9.92. The Hall–Kier alpha value is -1.22. The lowest BCUT2D eigenvalue weighted by Gasteiger charge is -2.19. The number of carboxylic acids is 1. The van der Waals surface area contributed by atoms with Gasteiger partial charge in [-0.15, -0.1) is 0 Å². The monoisotopic (exact) mass is 334 g/mol. The summed E-state index contributed by atoms with van der Waals surface area (Å²) in [6.07, 6.45) is 4.86. The summed E-state index contributed by atoms with van der Waals surface area (Å²) >= 11 is 1.63. The topological polar surface area (TPSA) is 37.3 Å². The third kappa shape index (κ3) is 5.13. The summed E-state index contributed by atoms with van der Waals surface area (Å²) in [4.78, 5) is 13.6. The zero-order valence-electron chi connectivity index (χ0n) is 15.1. The fourth-order valence-corrected chi connectivity index (χ4v) is 3.83. The molecule has 128 valence electrons. The van der Waals surface area contributed by atoms with E-state index in [9.17, 15) is 9.90 Å². The van der Waals surface area contributed by atoms with Crippen molar-refractivity contribution in [3.8, 4) is 0 Å². The average molecular weight is 335 g/mol. The van der Waals surface area contributed by atoms with Gasteiger partial charge in [0.2, 0.25) is 0 Å². The third-order valence-corrected chi connectivity index (χ3v) is 5.70. The van der Waals surface area contributed by atoms with E-state index >= 15 is 0 Å². The maximum Gasteiger partial charge on any atom is 0.335 e. The lowest BCUT2D eigenvalue weighted by Crippen LogP contribution is -2.04. The Balaban J connectivity index is 0.00000127. The second-order valence-electron chi connectivity index (χ2n) is 6.20. The van der Waals surface area contributed by atoms with Crippen molar-refractivity contribution in [3.63, 3.8) is 0 Å². The minimum absolute atomic E-state index is 0.387. The van der Waals surface area contributed by atoms with Crippen LogP contribution in [0.5, 0.6) is 0 Å². The van der Waals surface area contributed by atoms with E-state index in [1.807, 2.05) is 19.9 Å². The molecule has 0 unspecified atom stereocenters. The molecule has 1 aromatic rings. The van der Waals surface area contributed by atoms with Crippen LogP contribution in [0.15, 0.2) is 28.5 Å². The first-order valence-corrected chi connectivity index (χ1v) is 9.46. The van der Waals surface area contributed by atoms with Crippen LogP contribution in [0, 0.1) is 12.8 Å². The minimum Gasteiger partial charge on any atom is -0.478 e. The molecule has 0 spiro atoms. The Kier molecular flexibility index (Phi) is 7.90. The molecule has 2 rings (SSSR count). The van der Waals surface area contributed by atoms with E-state index < -0.39 is 5.97 Å². The number of benzene rings is 1. The van der Waals surface area contributed by atoms with Crippen LogP contribution in [0.3, 0.4) is 0 Å². The van der Waals surface area contributed by atoms with Crippen LogP contribution in [0.4, 0.5) is 0 Å². The molecule has 23 heavy (non-hydrogen) atoms. The van der Waals surface area contributed by atoms with Crippen LogP contribution in [-0.2, 0) is 0 Å². The number of rotatable bonds is 5. The van der Waals surface area contributed by atoms with Crippen LogP contribution in [0.2, 0.25) is 0 Å². The second kappa shape index (κ2) is 9.17. The minimum atomic E-state index is -0.841. The van der Waals surface area contributed by atoms with E-state index in [0.717, 1.165) is 9.80 Å². The highest BCUT2D eigenvalue weighted by atomic mass is 32.2. The Bertz CT molecular complexity index is 555. The van der Waals surface area contributed by atoms with Crippen molar-refractivity contribution in [3.05, 3.63) is 40.3 Å². The maximum absolute atomic E-state index is 11.4. The number of hydrogen-bond donors (Lipinski definition) is 1. The van der Waals surface area contributed by atoms with Gasteiger partial charge in [0.15, 0.2) is 0 Å². The molecule has 1 saturated carbocycles. The lowest BCUT2D eigenvalue weighted by molar-refractivity contribution is 0.0696. The maximum atomic E-state index is 11.4. The van der Waals surface area contributed by atoms with Crippen molar-refractivity contribution in [2.75, 3.05) is 0 Å². The molecule has 1 fully saturated rings. The first kappa shape index (κ1) is 19.8. The summed E-state index contributed by atoms with van der Waals surface area (Å²) in [5.74, 6) is 0.0695. The van der Waals surface area contributed by atoms with Crippen LogP contribution >= 0.6 is 11.8 Å². The molecule has 0 atom stereocenters. The molecule has 1 aliphatic carbocycles. The van der Waals surface area contributed by atoms with Gasteiger partial charge in [-0.1, -0.05) is 58.9 Å². The number of hydrogen-bond acceptors (Lipinski definition) is 2. The summed E-state index contributed by atoms with van der Waals surface area (Å²) in [5.41, 5.74) is 2.87. The van der Waals surface area contributed by atoms with E-state index in [0.29, 0.717) is 17.4 Å². The van der Waals surface area contributed by atoms with Crippen molar-refractivity contribution in [1.29, 1.82) is 0 Å². The predicted octanol–water partition coefficient (Wildman–Crippen LogP) is 6.64. The summed E-state index contributed by atoms with van der Waals surface area (Å²) in [5, 5.41) is 9.38. The predicted molar refractivity (Wildman–Crippen MR) is 101 cm³/mol. The molecule has 1 aliphatic rings. The van der Waals surface area contributed by atoms with E-state index in [-0.39, 0.29) is 0 Å². The highest BCUT2D eigenvalue weighted by Gasteiger charge is 2.22. The number of allylic oxidation sites excluding steroid dienone is 1. The Morgan fingerprint density at radius 2 is 1.83 bits per heavy atom. The molecular formula is C20H30O2S. The fraction of sp³-hybridized carbons (Fsp3) is 0.550. The molecule has 0 aromatic heterocycles. The highest BCUT2D eigenvalue weighted by Crippen LogP contribution is 2.41. The standard InChI is InChI=1S/C18H24O2S.C2H6/c1-11(2)13(4)21-17-10-15(18(19)20)9-16(12(17)3)14-7-5-6-8-14;1-2/h9-11,14H,4-8H2,1-3H3,(H,19,20);1-2H3. The molecule has 0 bridgehead atoms. The number of carboxylic acid groups (broad SMARTS) is 1. The average Bonchev–Trinajstić information content (AvgIpc) is 3.05. The van der Waals surface area contributed by atoms with Crippen molar-refractivity contribution in [2.45, 2.75) is 71.1 Å². The zero-order valence-corrected chi connectivity index (χ0v) is 15.9. The molecule has 1 aromatic carbocycles. The van der Waals surface area contributed by atoms with E-state index in [2.05, 4.69) is 27.4 Å². The molecule has 3 heteroatoms. The van der Waals surface area contributed by atoms with Crippen LogP contribution in [0.25, 0.3) is 0 Å². The van der Waals surface area contributed by atoms with Crippen molar-refractivity contribution >= 4 is 17.7 Å². The normalized spacial score (nSPS) is 14.5. The smallest absolute Gasteiger partial charge is 0.335 e. The summed E-state index contributed by atoms with van der Waals surface area (Å²) < 4.78 is 0. The quantitative estimate of drug-likeness (QED) is 0.613. The Morgan fingerprint density at radius 1 is 1.26 bits per heavy atom. The van der Waals surface area contributed by atoms with Gasteiger partial charge < -0.3 is 5.11 Å². The Morgan fingerprint density at radius 3 is 2.30 bits per heavy atom. The van der Waals surface area contributed by atoms with E-state index in [4.69, 9.17) is 0 Å². The Labute approximate surface area is 145 Å². The van der Waals surface area contributed by atoms with Gasteiger partial charge in [-0.2, -0.15) is 0 Å². The second-order valence-corrected chi connectivity index (χ2v) is 7.37. The first-order chi connectivity index (χ1) is 10.9. The van der Waals surface area contributed by atoms with Crippen molar-refractivity contribution in [2.24, 2.45) is 5.92 Å². The van der Waals surface area contributed by atoms with Crippen molar-refractivity contribution in [1.82, 2.24) is 0 Å². The van der Waals surface area contributed by atoms with E-state index in [1.54, 1.807) is 17.8 Å². The van der Waals surface area contributed by atoms with Crippen molar-refractivity contribution < 1.29 is 9.90 Å². The van der Waals surface area contributed by atoms with Crippen LogP contribution < -0.4 is 0 Å². The van der Waals surface area contributed by atoms with Gasteiger partial charge in [-0.25, -0.2) is 4.79 Å². The highest BCUT2D eigenvalue weighted by molar-refractivity contribution is 8.03. The summed E-state index contributed by atoms with van der Waals surface area (Å²) in [7, 11) is 0. The number of carbonyl (C=O) groups is 1. The van der Waals surface area contributed by atoms with Gasteiger partial charge in [-0.05, 0) is 59.8 Å². The van der Waals surface area contributed by atoms with Crippen LogP contribution in [0.1, 0.15) is 80.8 Å². The molecule has 0 amide bonds. The number of thioether (sulfide) groups is 1. The molecule has 1 N–H and O–H groups in total. The van der Waals surface area contributed by atoms with Crippen LogP contribution in [-0.4, -0.2) is 11.1 Å². The van der Waals surface area contributed by atoms with E-state index in [1.165, 1.54) is 36.8 Å². The molecular weight excluding hydrogens is 304 g/mol. The van der Waals surface area contributed by atoms with Gasteiger partial charge in [0.05, 0.1) is 5.56 Å². The molecule has 2 nitrogen and oxygen atoms in total. The summed E-state index contributed by atoms with van der Waals surface area (Å²) in [6.45, 7) is 14.5. The van der Waals surface area contributed by atoms with Gasteiger partial charge in [0, 0.05) is 4.90 Å². The largest absolute Gasteiger partial charge is 0.478 e. The molecule has 0 heterocycles. The summed E-state index contributed by atoms with van der Waals surface area (Å²) in [6, 6.07) is 3.68.